The van der Waals surface area contributed by atoms with Crippen molar-refractivity contribution in [1.29, 1.82) is 0 Å². The normalized spacial score (nSPS) is 15.4. The minimum Gasteiger partial charge on any atom is -0.497 e. The number of hydrogen-bond acceptors (Lipinski definition) is 7. The first-order valence-corrected chi connectivity index (χ1v) is 14.8. The fraction of sp³-hybridized carbons (Fsp3) is 0.481. The van der Waals surface area contributed by atoms with Gasteiger partial charge in [0.25, 0.3) is 0 Å². The molecule has 1 aliphatic rings. The molecule has 1 fully saturated rings. The quantitative estimate of drug-likeness (QED) is 0.399. The van der Waals surface area contributed by atoms with Gasteiger partial charge in [-0.05, 0) is 95.2 Å². The standard InChI is InChI=1S/C27H36N4O4S2/c1-19-17-20(2)25-24(18-19)36-27(28-25)31(14-6-13-29(3)4)26(32)21-11-15-30(16-12-21)37(33,34)23-9-7-22(35-5)8-10-23/h7-10,17-18,21H,6,11-16H2,1-5H3. The van der Waals surface area contributed by atoms with E-state index in [0.29, 0.717) is 38.2 Å². The number of anilines is 1. The van der Waals surface area contributed by atoms with E-state index < -0.39 is 10.0 Å². The second kappa shape index (κ2) is 11.5. The first kappa shape index (κ1) is 27.5. The summed E-state index contributed by atoms with van der Waals surface area (Å²) in [6.07, 6.45) is 1.81. The maximum atomic E-state index is 13.8. The highest BCUT2D eigenvalue weighted by molar-refractivity contribution is 7.89. The summed E-state index contributed by atoms with van der Waals surface area (Å²) in [6.45, 7) is 6.20. The predicted molar refractivity (Wildman–Crippen MR) is 149 cm³/mol. The fourth-order valence-electron chi connectivity index (χ4n) is 4.78. The summed E-state index contributed by atoms with van der Waals surface area (Å²) in [5.41, 5.74) is 3.22. The number of thiazole rings is 1. The van der Waals surface area contributed by atoms with Crippen molar-refractivity contribution in [2.75, 3.05) is 52.3 Å². The third-order valence-electron chi connectivity index (χ3n) is 6.80. The van der Waals surface area contributed by atoms with Crippen molar-refractivity contribution in [3.63, 3.8) is 0 Å². The third kappa shape index (κ3) is 6.14. The molecule has 0 N–H and O–H groups in total. The predicted octanol–water partition coefficient (Wildman–Crippen LogP) is 4.31. The zero-order valence-electron chi connectivity index (χ0n) is 22.2. The van der Waals surface area contributed by atoms with E-state index in [2.05, 4.69) is 30.9 Å². The zero-order chi connectivity index (χ0) is 26.7. The third-order valence-corrected chi connectivity index (χ3v) is 9.74. The van der Waals surface area contributed by atoms with Gasteiger partial charge in [-0.25, -0.2) is 13.4 Å². The van der Waals surface area contributed by atoms with E-state index in [4.69, 9.17) is 9.72 Å². The summed E-state index contributed by atoms with van der Waals surface area (Å²) in [5.74, 6) is 0.406. The lowest BCUT2D eigenvalue weighted by Crippen LogP contribution is -2.45. The molecule has 3 aromatic rings. The number of amides is 1. The monoisotopic (exact) mass is 544 g/mol. The summed E-state index contributed by atoms with van der Waals surface area (Å²) in [6, 6.07) is 10.7. The number of rotatable bonds is 9. The largest absolute Gasteiger partial charge is 0.497 e. The van der Waals surface area contributed by atoms with E-state index >= 15 is 0 Å². The van der Waals surface area contributed by atoms with Crippen molar-refractivity contribution in [2.24, 2.45) is 5.92 Å². The first-order valence-electron chi connectivity index (χ1n) is 12.6. The Hall–Kier alpha value is -2.53. The van der Waals surface area contributed by atoms with Crippen LogP contribution in [0.1, 0.15) is 30.4 Å². The van der Waals surface area contributed by atoms with Crippen LogP contribution in [0, 0.1) is 19.8 Å². The highest BCUT2D eigenvalue weighted by atomic mass is 32.2. The maximum absolute atomic E-state index is 13.8. The molecule has 1 amide bonds. The number of methoxy groups -OCH3 is 1. The molecule has 10 heteroatoms. The number of carbonyl (C=O) groups is 1. The van der Waals surface area contributed by atoms with E-state index in [1.165, 1.54) is 9.87 Å². The van der Waals surface area contributed by atoms with Crippen LogP contribution >= 0.6 is 11.3 Å². The van der Waals surface area contributed by atoms with Crippen LogP contribution < -0.4 is 9.64 Å². The Morgan fingerprint density at radius 1 is 1.11 bits per heavy atom. The zero-order valence-corrected chi connectivity index (χ0v) is 23.9. The van der Waals surface area contributed by atoms with Gasteiger partial charge in [0, 0.05) is 25.6 Å². The fourth-order valence-corrected chi connectivity index (χ4v) is 7.42. The maximum Gasteiger partial charge on any atom is 0.243 e. The average Bonchev–Trinajstić information content (AvgIpc) is 3.30. The highest BCUT2D eigenvalue weighted by Gasteiger charge is 2.35. The van der Waals surface area contributed by atoms with Gasteiger partial charge in [0.05, 0.1) is 22.2 Å². The molecule has 0 unspecified atom stereocenters. The van der Waals surface area contributed by atoms with Gasteiger partial charge in [-0.1, -0.05) is 17.4 Å². The first-order chi connectivity index (χ1) is 17.6. The summed E-state index contributed by atoms with van der Waals surface area (Å²) < 4.78 is 34.0. The van der Waals surface area contributed by atoms with Gasteiger partial charge in [0.2, 0.25) is 15.9 Å². The van der Waals surface area contributed by atoms with Crippen molar-refractivity contribution in [1.82, 2.24) is 14.2 Å². The summed E-state index contributed by atoms with van der Waals surface area (Å²) in [5, 5.41) is 0.723. The Morgan fingerprint density at radius 2 is 1.78 bits per heavy atom. The van der Waals surface area contributed by atoms with Crippen LogP contribution in [-0.4, -0.2) is 75.9 Å². The van der Waals surface area contributed by atoms with Crippen molar-refractivity contribution >= 4 is 42.6 Å². The van der Waals surface area contributed by atoms with Crippen LogP contribution in [0.5, 0.6) is 5.75 Å². The minimum absolute atomic E-state index is 0.0358. The number of aromatic nitrogens is 1. The Morgan fingerprint density at radius 3 is 2.41 bits per heavy atom. The summed E-state index contributed by atoms with van der Waals surface area (Å²) in [7, 11) is 1.97. The number of nitrogens with zero attached hydrogens (tertiary/aromatic N) is 4. The lowest BCUT2D eigenvalue weighted by molar-refractivity contribution is -0.123. The molecule has 0 bridgehead atoms. The second-order valence-corrected chi connectivity index (χ2v) is 12.9. The number of ether oxygens (including phenoxy) is 1. The lowest BCUT2D eigenvalue weighted by atomic mass is 9.96. The van der Waals surface area contributed by atoms with Crippen LogP contribution in [0.2, 0.25) is 0 Å². The molecule has 0 radical (unpaired) electrons. The van der Waals surface area contributed by atoms with Crippen LogP contribution in [0.15, 0.2) is 41.3 Å². The molecule has 0 spiro atoms. The highest BCUT2D eigenvalue weighted by Crippen LogP contribution is 2.34. The number of sulfonamides is 1. The average molecular weight is 545 g/mol. The smallest absolute Gasteiger partial charge is 0.243 e. The molecule has 1 saturated heterocycles. The number of benzene rings is 2. The molecule has 1 aromatic heterocycles. The van der Waals surface area contributed by atoms with Crippen LogP contribution in [0.4, 0.5) is 5.13 Å². The van der Waals surface area contributed by atoms with E-state index in [0.717, 1.165) is 33.9 Å². The van der Waals surface area contributed by atoms with E-state index in [1.807, 2.05) is 19.0 Å². The van der Waals surface area contributed by atoms with Gasteiger partial charge in [0.1, 0.15) is 5.75 Å². The molecular formula is C27H36N4O4S2. The van der Waals surface area contributed by atoms with E-state index in [9.17, 15) is 13.2 Å². The molecule has 37 heavy (non-hydrogen) atoms. The molecule has 4 rings (SSSR count). The van der Waals surface area contributed by atoms with Crippen LogP contribution in [0.3, 0.4) is 0 Å². The van der Waals surface area contributed by atoms with Crippen molar-refractivity contribution in [3.05, 3.63) is 47.5 Å². The van der Waals surface area contributed by atoms with Gasteiger partial charge < -0.3 is 9.64 Å². The number of hydrogen-bond donors (Lipinski definition) is 0. The Bertz CT molecular complexity index is 1340. The summed E-state index contributed by atoms with van der Waals surface area (Å²) in [4.78, 5) is 22.8. The van der Waals surface area contributed by atoms with Crippen molar-refractivity contribution < 1.29 is 17.9 Å². The van der Waals surface area contributed by atoms with Gasteiger partial charge >= 0.3 is 0 Å². The molecule has 2 heterocycles. The Kier molecular flexibility index (Phi) is 8.52. The minimum atomic E-state index is -3.62. The van der Waals surface area contributed by atoms with Gasteiger partial charge in [-0.2, -0.15) is 4.31 Å². The van der Waals surface area contributed by atoms with Crippen LogP contribution in [0.25, 0.3) is 10.2 Å². The van der Waals surface area contributed by atoms with Gasteiger partial charge in [0.15, 0.2) is 5.13 Å². The summed E-state index contributed by atoms with van der Waals surface area (Å²) >= 11 is 1.55. The Labute approximate surface area is 223 Å². The van der Waals surface area contributed by atoms with E-state index in [-0.39, 0.29) is 16.7 Å². The molecule has 0 atom stereocenters. The number of carbonyl (C=O) groups excluding carboxylic acids is 1. The SMILES string of the molecule is COc1ccc(S(=O)(=O)N2CCC(C(=O)N(CCCN(C)C)c3nc4c(C)cc(C)cc4s3)CC2)cc1. The molecule has 0 aliphatic carbocycles. The molecule has 200 valence electrons. The van der Waals surface area contributed by atoms with Crippen molar-refractivity contribution in [3.8, 4) is 5.75 Å². The molecule has 2 aromatic carbocycles. The number of piperidine rings is 1. The number of fused-ring (bicyclic) bond motifs is 1. The number of aryl methyl sites for hydroxylation is 2. The van der Waals surface area contributed by atoms with Gasteiger partial charge in [-0.15, -0.1) is 0 Å². The molecule has 1 aliphatic heterocycles. The lowest BCUT2D eigenvalue weighted by Gasteiger charge is -2.33. The van der Waals surface area contributed by atoms with Gasteiger partial charge in [-0.3, -0.25) is 9.69 Å². The molecule has 8 nitrogen and oxygen atoms in total. The second-order valence-electron chi connectivity index (χ2n) is 9.93. The van der Waals surface area contributed by atoms with Crippen LogP contribution in [-0.2, 0) is 14.8 Å². The van der Waals surface area contributed by atoms with Crippen molar-refractivity contribution in [2.45, 2.75) is 38.0 Å². The van der Waals surface area contributed by atoms with E-state index in [1.54, 1.807) is 42.7 Å². The topological polar surface area (TPSA) is 83.0 Å². The molecular weight excluding hydrogens is 508 g/mol. The molecule has 0 saturated carbocycles. The Balaban J connectivity index is 1.51.